The lowest BCUT2D eigenvalue weighted by Crippen LogP contribution is -2.50. The average molecular weight is 232 g/mol. The van der Waals surface area contributed by atoms with Gasteiger partial charge >= 0.3 is 5.92 Å². The van der Waals surface area contributed by atoms with E-state index >= 15 is 0 Å². The lowest BCUT2D eigenvalue weighted by Gasteiger charge is -2.29. The van der Waals surface area contributed by atoms with Crippen molar-refractivity contribution in [3.8, 4) is 0 Å². The van der Waals surface area contributed by atoms with Gasteiger partial charge in [0.2, 0.25) is 0 Å². The molecule has 1 rings (SSSR count). The summed E-state index contributed by atoms with van der Waals surface area (Å²) in [6.45, 7) is 5.03. The fourth-order valence-corrected chi connectivity index (χ4v) is 2.97. The van der Waals surface area contributed by atoms with Gasteiger partial charge in [0.15, 0.2) is 5.41 Å². The van der Waals surface area contributed by atoms with Crippen LogP contribution in [0.3, 0.4) is 0 Å². The Labute approximate surface area is 90.6 Å². The van der Waals surface area contributed by atoms with Gasteiger partial charge in [0.05, 0.1) is 0 Å². The number of carbonyl (C=O) groups is 1. The Balaban J connectivity index is 2.86. The number of hydrogen-bond acceptors (Lipinski definition) is 1. The van der Waals surface area contributed by atoms with E-state index in [-0.39, 0.29) is 0 Å². The molecule has 1 aliphatic carbocycles. The Morgan fingerprint density at radius 2 is 2.00 bits per heavy atom. The van der Waals surface area contributed by atoms with Crippen LogP contribution in [0.15, 0.2) is 12.2 Å². The minimum absolute atomic E-state index is 0.430. The first-order chi connectivity index (χ1) is 6.76. The SMILES string of the molecule is C[Si](C)(C)C(=O)C(F)(F)C1C=CCCC1. The van der Waals surface area contributed by atoms with Gasteiger partial charge in [0.1, 0.15) is 8.07 Å². The Morgan fingerprint density at radius 1 is 1.40 bits per heavy atom. The largest absolute Gasteiger partial charge is 0.306 e. The number of halogens is 2. The minimum atomic E-state index is -3.15. The van der Waals surface area contributed by atoms with Crippen LogP contribution in [0, 0.1) is 5.92 Å². The quantitative estimate of drug-likeness (QED) is 0.538. The smallest absolute Gasteiger partial charge is 0.299 e. The average Bonchev–Trinajstić information content (AvgIpc) is 2.16. The van der Waals surface area contributed by atoms with Crippen molar-refractivity contribution in [2.24, 2.45) is 5.92 Å². The molecule has 1 aliphatic rings. The van der Waals surface area contributed by atoms with Crippen LogP contribution >= 0.6 is 0 Å². The van der Waals surface area contributed by atoms with E-state index in [0.717, 1.165) is 12.8 Å². The van der Waals surface area contributed by atoms with Crippen molar-refractivity contribution in [2.75, 3.05) is 0 Å². The molecule has 0 amide bonds. The first-order valence-electron chi connectivity index (χ1n) is 5.35. The Hall–Kier alpha value is -0.513. The zero-order chi connectivity index (χ0) is 11.7. The predicted octanol–water partition coefficient (Wildman–Crippen LogP) is 3.42. The first-order valence-corrected chi connectivity index (χ1v) is 8.85. The van der Waals surface area contributed by atoms with Crippen molar-refractivity contribution < 1.29 is 13.6 Å². The third-order valence-electron chi connectivity index (χ3n) is 2.70. The van der Waals surface area contributed by atoms with Crippen molar-refractivity contribution in [2.45, 2.75) is 44.8 Å². The topological polar surface area (TPSA) is 17.1 Å². The fourth-order valence-electron chi connectivity index (χ4n) is 1.78. The Bertz CT molecular complexity index is 279. The second-order valence-electron chi connectivity index (χ2n) is 5.17. The monoisotopic (exact) mass is 232 g/mol. The number of hydrogen-bond donors (Lipinski definition) is 0. The van der Waals surface area contributed by atoms with Crippen molar-refractivity contribution in [1.29, 1.82) is 0 Å². The maximum atomic E-state index is 13.8. The van der Waals surface area contributed by atoms with Crippen LogP contribution in [0.4, 0.5) is 8.78 Å². The third kappa shape index (κ3) is 2.74. The number of carbonyl (C=O) groups excluding carboxylic acids is 1. The van der Waals surface area contributed by atoms with Crippen LogP contribution in [0.2, 0.25) is 19.6 Å². The van der Waals surface area contributed by atoms with E-state index in [4.69, 9.17) is 0 Å². The molecular weight excluding hydrogens is 214 g/mol. The van der Waals surface area contributed by atoms with Gasteiger partial charge in [-0.25, -0.2) is 0 Å². The van der Waals surface area contributed by atoms with Crippen LogP contribution in [0.5, 0.6) is 0 Å². The van der Waals surface area contributed by atoms with Gasteiger partial charge in [-0.3, -0.25) is 4.79 Å². The summed E-state index contributed by atoms with van der Waals surface area (Å²) in [7, 11) is -2.40. The summed E-state index contributed by atoms with van der Waals surface area (Å²) in [4.78, 5) is 11.7. The molecule has 15 heavy (non-hydrogen) atoms. The highest BCUT2D eigenvalue weighted by molar-refractivity contribution is 7.04. The highest BCUT2D eigenvalue weighted by Gasteiger charge is 2.50. The molecule has 0 aliphatic heterocycles. The molecule has 0 bridgehead atoms. The molecule has 0 radical (unpaired) electrons. The summed E-state index contributed by atoms with van der Waals surface area (Å²) in [5.74, 6) is -4.02. The van der Waals surface area contributed by atoms with E-state index in [0.29, 0.717) is 6.42 Å². The van der Waals surface area contributed by atoms with E-state index in [2.05, 4.69) is 0 Å². The van der Waals surface area contributed by atoms with Crippen LogP contribution in [0.1, 0.15) is 19.3 Å². The second kappa shape index (κ2) is 4.16. The zero-order valence-electron chi connectivity index (χ0n) is 9.52. The molecule has 1 nitrogen and oxygen atoms in total. The molecule has 0 aromatic heterocycles. The zero-order valence-corrected chi connectivity index (χ0v) is 10.5. The summed E-state index contributed by atoms with van der Waals surface area (Å²) in [5, 5.41) is -0.813. The molecule has 0 heterocycles. The molecule has 0 aromatic rings. The van der Waals surface area contributed by atoms with E-state index in [9.17, 15) is 13.6 Å². The lowest BCUT2D eigenvalue weighted by atomic mass is 9.91. The fraction of sp³-hybridized carbons (Fsp3) is 0.727. The summed E-state index contributed by atoms with van der Waals surface area (Å²) >= 11 is 0. The summed E-state index contributed by atoms with van der Waals surface area (Å²) in [6.07, 6.45) is 5.32. The van der Waals surface area contributed by atoms with Crippen molar-refractivity contribution in [3.05, 3.63) is 12.2 Å². The van der Waals surface area contributed by atoms with Crippen LogP contribution in [-0.4, -0.2) is 19.4 Å². The van der Waals surface area contributed by atoms with E-state index in [1.165, 1.54) is 6.08 Å². The molecule has 1 atom stereocenters. The van der Waals surface area contributed by atoms with Gasteiger partial charge in [0, 0.05) is 5.92 Å². The predicted molar refractivity (Wildman–Crippen MR) is 59.8 cm³/mol. The maximum absolute atomic E-state index is 13.8. The van der Waals surface area contributed by atoms with Crippen molar-refractivity contribution in [1.82, 2.24) is 0 Å². The number of rotatable bonds is 3. The summed E-state index contributed by atoms with van der Waals surface area (Å²) in [6, 6.07) is 0. The van der Waals surface area contributed by atoms with Gasteiger partial charge < -0.3 is 0 Å². The molecule has 0 saturated carbocycles. The molecule has 0 fully saturated rings. The second-order valence-corrected chi connectivity index (χ2v) is 10.1. The highest BCUT2D eigenvalue weighted by atomic mass is 28.3. The molecule has 0 N–H and O–H groups in total. The minimum Gasteiger partial charge on any atom is -0.299 e. The van der Waals surface area contributed by atoms with Crippen LogP contribution in [-0.2, 0) is 4.79 Å². The molecule has 1 unspecified atom stereocenters. The van der Waals surface area contributed by atoms with Gasteiger partial charge in [-0.1, -0.05) is 31.8 Å². The summed E-state index contributed by atoms with van der Waals surface area (Å²) < 4.78 is 27.7. The van der Waals surface area contributed by atoms with Crippen molar-refractivity contribution >= 4 is 13.5 Å². The van der Waals surface area contributed by atoms with Gasteiger partial charge in [-0.05, 0) is 19.3 Å². The lowest BCUT2D eigenvalue weighted by molar-refractivity contribution is -0.141. The number of alkyl halides is 2. The van der Waals surface area contributed by atoms with Crippen LogP contribution < -0.4 is 0 Å². The van der Waals surface area contributed by atoms with Gasteiger partial charge in [-0.15, -0.1) is 0 Å². The van der Waals surface area contributed by atoms with Gasteiger partial charge in [-0.2, -0.15) is 8.78 Å². The molecule has 0 aromatic carbocycles. The molecule has 4 heteroatoms. The standard InChI is InChI=1S/C11H18F2OSi/c1-15(2,3)10(14)11(12,13)9-7-5-4-6-8-9/h5,7,9H,4,6,8H2,1-3H3. The van der Waals surface area contributed by atoms with E-state index in [1.54, 1.807) is 25.7 Å². The maximum Gasteiger partial charge on any atom is 0.306 e. The van der Waals surface area contributed by atoms with E-state index < -0.39 is 25.3 Å². The number of allylic oxidation sites excluding steroid dienone is 2. The van der Waals surface area contributed by atoms with Crippen molar-refractivity contribution in [3.63, 3.8) is 0 Å². The van der Waals surface area contributed by atoms with Crippen LogP contribution in [0.25, 0.3) is 0 Å². The molecule has 86 valence electrons. The molecule has 0 saturated heterocycles. The molecule has 0 spiro atoms. The summed E-state index contributed by atoms with van der Waals surface area (Å²) in [5.41, 5.74) is 0. The van der Waals surface area contributed by atoms with Gasteiger partial charge in [0.25, 0.3) is 0 Å². The third-order valence-corrected chi connectivity index (χ3v) is 4.40. The Morgan fingerprint density at radius 3 is 2.40 bits per heavy atom. The normalized spacial score (nSPS) is 22.9. The molecular formula is C11H18F2OSi. The first kappa shape index (κ1) is 12.6. The van der Waals surface area contributed by atoms with E-state index in [1.807, 2.05) is 0 Å². The Kier molecular flexibility index (Phi) is 3.48. The highest BCUT2D eigenvalue weighted by Crippen LogP contribution is 2.35.